The lowest BCUT2D eigenvalue weighted by Crippen LogP contribution is -2.25. The number of methoxy groups -OCH3 is 1. The number of hydrogen-bond donors (Lipinski definition) is 3. The van der Waals surface area contributed by atoms with E-state index in [9.17, 15) is 0 Å². The fourth-order valence-corrected chi connectivity index (χ4v) is 4.00. The lowest BCUT2D eigenvalue weighted by molar-refractivity contribution is 0.210. The van der Waals surface area contributed by atoms with Crippen molar-refractivity contribution in [3.05, 3.63) is 54.0 Å². The second-order valence-electron chi connectivity index (χ2n) is 8.10. The third-order valence-electron chi connectivity index (χ3n) is 5.58. The highest BCUT2D eigenvalue weighted by Gasteiger charge is 2.32. The van der Waals surface area contributed by atoms with Crippen LogP contribution in [0.25, 0.3) is 11.4 Å². The molecule has 34 heavy (non-hydrogen) atoms. The average Bonchev–Trinajstić information content (AvgIpc) is 3.60. The van der Waals surface area contributed by atoms with Crippen LogP contribution in [-0.2, 0) is 4.74 Å². The molecule has 0 aliphatic carbocycles. The Labute approximate surface area is 197 Å². The Hall–Kier alpha value is -3.99. The molecule has 0 amide bonds. The standard InChI is InChI=1S/C23H27N9O2/c1-15-12-22(30-29-15)26-21-14-20(25-9-11-33-2)27-23(28-21)32-10-5-7-18(32)19-13-17(31-34-19)16-6-3-4-8-24-16/h3-4,6,8,12-14,18H,5,7,9-11H2,1-2H3,(H3,25,26,27,28,29,30)/t18-/m0/s1. The molecule has 5 heterocycles. The molecule has 11 nitrogen and oxygen atoms in total. The van der Waals surface area contributed by atoms with Gasteiger partial charge in [-0.3, -0.25) is 10.1 Å². The van der Waals surface area contributed by atoms with Gasteiger partial charge in [-0.05, 0) is 31.9 Å². The number of rotatable bonds is 9. The van der Waals surface area contributed by atoms with E-state index in [1.807, 2.05) is 43.3 Å². The van der Waals surface area contributed by atoms with Gasteiger partial charge in [0.1, 0.15) is 17.3 Å². The van der Waals surface area contributed by atoms with Crippen molar-refractivity contribution >= 4 is 23.4 Å². The van der Waals surface area contributed by atoms with Crippen LogP contribution in [0.2, 0.25) is 0 Å². The SMILES string of the molecule is COCCNc1cc(Nc2cc(C)[nH]n2)nc(N2CCC[C@H]2c2cc(-c3ccccn3)no2)n1. The fourth-order valence-electron chi connectivity index (χ4n) is 4.00. The van der Waals surface area contributed by atoms with E-state index >= 15 is 0 Å². The molecule has 0 spiro atoms. The normalized spacial score (nSPS) is 15.6. The van der Waals surface area contributed by atoms with Gasteiger partial charge in [-0.2, -0.15) is 15.1 Å². The minimum absolute atomic E-state index is 0.0142. The molecule has 0 bridgehead atoms. The summed E-state index contributed by atoms with van der Waals surface area (Å²) in [6.07, 6.45) is 3.66. The Bertz CT molecular complexity index is 1220. The number of nitrogens with zero attached hydrogens (tertiary/aromatic N) is 6. The van der Waals surface area contributed by atoms with Gasteiger partial charge in [0.15, 0.2) is 11.6 Å². The second-order valence-corrected chi connectivity index (χ2v) is 8.10. The summed E-state index contributed by atoms with van der Waals surface area (Å²) in [6.45, 7) is 3.97. The molecule has 4 aromatic heterocycles. The van der Waals surface area contributed by atoms with Crippen molar-refractivity contribution in [2.75, 3.05) is 42.3 Å². The molecule has 1 saturated heterocycles. The van der Waals surface area contributed by atoms with E-state index in [0.717, 1.165) is 42.2 Å². The molecule has 5 rings (SSSR count). The van der Waals surface area contributed by atoms with Crippen LogP contribution in [0.15, 0.2) is 47.1 Å². The van der Waals surface area contributed by atoms with Gasteiger partial charge in [-0.25, -0.2) is 0 Å². The zero-order valence-corrected chi connectivity index (χ0v) is 19.2. The van der Waals surface area contributed by atoms with E-state index < -0.39 is 0 Å². The second kappa shape index (κ2) is 9.87. The Morgan fingerprint density at radius 2 is 2.06 bits per heavy atom. The number of ether oxygens (including phenoxy) is 1. The number of hydrogen-bond acceptors (Lipinski definition) is 10. The van der Waals surface area contributed by atoms with Gasteiger partial charge in [0.2, 0.25) is 5.95 Å². The van der Waals surface area contributed by atoms with Gasteiger partial charge >= 0.3 is 0 Å². The molecule has 1 atom stereocenters. The van der Waals surface area contributed by atoms with Crippen LogP contribution in [-0.4, -0.2) is 57.1 Å². The molecule has 1 aliphatic heterocycles. The summed E-state index contributed by atoms with van der Waals surface area (Å²) < 4.78 is 10.9. The first-order valence-electron chi connectivity index (χ1n) is 11.2. The number of aromatic amines is 1. The molecule has 0 unspecified atom stereocenters. The minimum atomic E-state index is -0.0142. The molecule has 4 aromatic rings. The predicted molar refractivity (Wildman–Crippen MR) is 128 cm³/mol. The molecule has 0 radical (unpaired) electrons. The first-order chi connectivity index (χ1) is 16.7. The highest BCUT2D eigenvalue weighted by Crippen LogP contribution is 2.36. The molecule has 0 saturated carbocycles. The maximum atomic E-state index is 5.74. The summed E-state index contributed by atoms with van der Waals surface area (Å²) in [4.78, 5) is 16.1. The van der Waals surface area contributed by atoms with Gasteiger partial charge in [-0.15, -0.1) is 0 Å². The van der Waals surface area contributed by atoms with Crippen LogP contribution >= 0.6 is 0 Å². The number of H-pyrrole nitrogens is 1. The number of aryl methyl sites for hydroxylation is 1. The smallest absolute Gasteiger partial charge is 0.229 e. The number of pyridine rings is 1. The summed E-state index contributed by atoms with van der Waals surface area (Å²) in [7, 11) is 1.67. The summed E-state index contributed by atoms with van der Waals surface area (Å²) in [5.74, 6) is 3.42. The van der Waals surface area contributed by atoms with Gasteiger partial charge in [0.05, 0.1) is 18.3 Å². The maximum Gasteiger partial charge on any atom is 0.229 e. The Morgan fingerprint density at radius 3 is 2.85 bits per heavy atom. The molecule has 3 N–H and O–H groups in total. The molecular weight excluding hydrogens is 434 g/mol. The molecule has 0 aromatic carbocycles. The topological polar surface area (TPSA) is 130 Å². The molecule has 1 aliphatic rings. The van der Waals surface area contributed by atoms with Gasteiger partial charge in [-0.1, -0.05) is 11.2 Å². The summed E-state index contributed by atoms with van der Waals surface area (Å²) >= 11 is 0. The van der Waals surface area contributed by atoms with Crippen molar-refractivity contribution in [1.29, 1.82) is 0 Å². The Balaban J connectivity index is 1.43. The van der Waals surface area contributed by atoms with Gasteiger partial charge in [0.25, 0.3) is 0 Å². The summed E-state index contributed by atoms with van der Waals surface area (Å²) in [5, 5.41) is 18.0. The van der Waals surface area contributed by atoms with Gasteiger partial charge in [0, 0.05) is 50.3 Å². The fraction of sp³-hybridized carbons (Fsp3) is 0.348. The van der Waals surface area contributed by atoms with Crippen LogP contribution in [0.4, 0.5) is 23.4 Å². The van der Waals surface area contributed by atoms with E-state index in [1.54, 1.807) is 13.3 Å². The minimum Gasteiger partial charge on any atom is -0.383 e. The lowest BCUT2D eigenvalue weighted by atomic mass is 10.1. The number of nitrogens with one attached hydrogen (secondary N) is 3. The first-order valence-corrected chi connectivity index (χ1v) is 11.2. The molecular formula is C23H27N9O2. The van der Waals surface area contributed by atoms with E-state index in [-0.39, 0.29) is 6.04 Å². The number of anilines is 4. The quantitative estimate of drug-likeness (QED) is 0.317. The lowest BCUT2D eigenvalue weighted by Gasteiger charge is -2.23. The van der Waals surface area contributed by atoms with E-state index in [1.165, 1.54) is 0 Å². The summed E-state index contributed by atoms with van der Waals surface area (Å²) in [5.41, 5.74) is 2.46. The first kappa shape index (κ1) is 21.8. The molecule has 1 fully saturated rings. The zero-order valence-electron chi connectivity index (χ0n) is 19.2. The Morgan fingerprint density at radius 1 is 1.15 bits per heavy atom. The maximum absolute atomic E-state index is 5.74. The number of aromatic nitrogens is 6. The van der Waals surface area contributed by atoms with Gasteiger partial charge < -0.3 is 24.8 Å². The average molecular weight is 462 g/mol. The van der Waals surface area contributed by atoms with Crippen molar-refractivity contribution in [2.45, 2.75) is 25.8 Å². The van der Waals surface area contributed by atoms with Crippen molar-refractivity contribution in [2.24, 2.45) is 0 Å². The van der Waals surface area contributed by atoms with Crippen molar-refractivity contribution in [3.63, 3.8) is 0 Å². The molecule has 176 valence electrons. The van der Waals surface area contributed by atoms with Crippen molar-refractivity contribution < 1.29 is 9.26 Å². The van der Waals surface area contributed by atoms with E-state index in [4.69, 9.17) is 19.2 Å². The highest BCUT2D eigenvalue weighted by molar-refractivity contribution is 5.60. The van der Waals surface area contributed by atoms with Crippen LogP contribution < -0.4 is 15.5 Å². The van der Waals surface area contributed by atoms with Crippen LogP contribution in [0, 0.1) is 6.92 Å². The van der Waals surface area contributed by atoms with Crippen LogP contribution in [0.1, 0.15) is 30.3 Å². The largest absolute Gasteiger partial charge is 0.383 e. The third kappa shape index (κ3) is 4.84. The van der Waals surface area contributed by atoms with Crippen molar-refractivity contribution in [1.82, 2.24) is 30.3 Å². The summed E-state index contributed by atoms with van der Waals surface area (Å²) in [6, 6.07) is 11.5. The van der Waals surface area contributed by atoms with E-state index in [2.05, 4.69) is 35.9 Å². The highest BCUT2D eigenvalue weighted by atomic mass is 16.5. The Kier molecular flexibility index (Phi) is 6.34. The zero-order chi connectivity index (χ0) is 23.3. The molecule has 11 heteroatoms. The predicted octanol–water partition coefficient (Wildman–Crippen LogP) is 3.70. The monoisotopic (exact) mass is 461 g/mol. The van der Waals surface area contributed by atoms with E-state index in [0.29, 0.717) is 36.6 Å². The van der Waals surface area contributed by atoms with Crippen LogP contribution in [0.3, 0.4) is 0 Å². The third-order valence-corrected chi connectivity index (χ3v) is 5.58. The van der Waals surface area contributed by atoms with Crippen molar-refractivity contribution in [3.8, 4) is 11.4 Å². The van der Waals surface area contributed by atoms with Crippen LogP contribution in [0.5, 0.6) is 0 Å².